The molecule has 1 amide bonds. The summed E-state index contributed by atoms with van der Waals surface area (Å²) in [5.41, 5.74) is 8.29. The molecule has 3 aromatic rings. The molecule has 2 saturated heterocycles. The molecule has 0 spiro atoms. The van der Waals surface area contributed by atoms with Crippen molar-refractivity contribution in [2.45, 2.75) is 38.9 Å². The average molecular weight is 616 g/mol. The van der Waals surface area contributed by atoms with Gasteiger partial charge in [-0.15, -0.1) is 0 Å². The van der Waals surface area contributed by atoms with Crippen LogP contribution in [0.3, 0.4) is 0 Å². The van der Waals surface area contributed by atoms with E-state index >= 15 is 0 Å². The number of rotatable bonds is 8. The lowest BCUT2D eigenvalue weighted by Gasteiger charge is -2.40. The number of amidine groups is 1. The van der Waals surface area contributed by atoms with Gasteiger partial charge in [0.25, 0.3) is 5.91 Å². The minimum atomic E-state index is -4.60. The van der Waals surface area contributed by atoms with E-state index in [1.165, 1.54) is 17.4 Å². The number of likely N-dealkylation sites (tertiary alicyclic amines) is 1. The summed E-state index contributed by atoms with van der Waals surface area (Å²) in [5, 5.41) is 15.3. The van der Waals surface area contributed by atoms with Crippen LogP contribution in [0.25, 0.3) is 0 Å². The number of carbonyl (C=O) groups excluding carboxylic acids is 2. The number of ether oxygens (including phenoxy) is 1. The zero-order chi connectivity index (χ0) is 31.6. The maximum atomic E-state index is 14.6. The lowest BCUT2D eigenvalue weighted by Crippen LogP contribution is -2.51. The van der Waals surface area contributed by atoms with Gasteiger partial charge in [-0.3, -0.25) is 19.9 Å². The van der Waals surface area contributed by atoms with Crippen LogP contribution in [-0.2, 0) is 16.1 Å². The van der Waals surface area contributed by atoms with Gasteiger partial charge >= 0.3 is 6.18 Å². The van der Waals surface area contributed by atoms with Gasteiger partial charge in [-0.1, -0.05) is 24.3 Å². The lowest BCUT2D eigenvalue weighted by molar-refractivity contribution is -0.194. The number of aryl methyl sites for hydroxylation is 1. The molecule has 0 radical (unpaired) electrons. The van der Waals surface area contributed by atoms with Gasteiger partial charge in [0, 0.05) is 55.3 Å². The first-order valence-corrected chi connectivity index (χ1v) is 14.4. The third-order valence-corrected chi connectivity index (χ3v) is 8.36. The van der Waals surface area contributed by atoms with Gasteiger partial charge in [-0.05, 0) is 25.8 Å². The fourth-order valence-electron chi connectivity index (χ4n) is 5.79. The highest BCUT2D eigenvalue weighted by Crippen LogP contribution is 2.44. The number of hydrogen-bond acceptors (Lipinski definition) is 8. The van der Waals surface area contributed by atoms with E-state index in [2.05, 4.69) is 10.4 Å². The smallest absolute Gasteiger partial charge is 0.394 e. The predicted molar refractivity (Wildman–Crippen MR) is 156 cm³/mol. The number of anilines is 1. The van der Waals surface area contributed by atoms with E-state index in [1.807, 2.05) is 4.90 Å². The van der Waals surface area contributed by atoms with Crippen LogP contribution in [0.15, 0.2) is 41.2 Å². The second-order valence-electron chi connectivity index (χ2n) is 11.3. The standard InChI is InChI=1S/C30H36F3N7O4/c1-18-16-44-17-23(18)29(42)40-28(36-13-20-3-5-21(6-4-20)27(34)35)19(2)26(37-40)22-7-8-39(14-24(22)30(31,32)33)25(41)15-38-9-11-43-12-10-38/h3-6,16-17,22,24,36H,7-15H2,1-2H3,(H3,34,35). The minimum absolute atomic E-state index is 0.0434. The van der Waals surface area contributed by atoms with E-state index in [0.717, 1.165) is 10.2 Å². The summed E-state index contributed by atoms with van der Waals surface area (Å²) in [6, 6.07) is 6.92. The number of piperidine rings is 1. The zero-order valence-electron chi connectivity index (χ0n) is 24.6. The molecule has 0 bridgehead atoms. The quantitative estimate of drug-likeness (QED) is 0.258. The Morgan fingerprint density at radius 2 is 1.82 bits per heavy atom. The van der Waals surface area contributed by atoms with Crippen LogP contribution < -0.4 is 11.1 Å². The number of amides is 1. The summed E-state index contributed by atoms with van der Waals surface area (Å²) in [7, 11) is 0. The molecule has 0 saturated carbocycles. The highest BCUT2D eigenvalue weighted by atomic mass is 19.4. The number of carbonyl (C=O) groups is 2. The molecule has 2 fully saturated rings. The first-order valence-electron chi connectivity index (χ1n) is 14.4. The molecule has 2 aliphatic rings. The molecule has 2 unspecified atom stereocenters. The summed E-state index contributed by atoms with van der Waals surface area (Å²) < 4.78 is 55.4. The van der Waals surface area contributed by atoms with Crippen LogP contribution in [-0.4, -0.2) is 89.3 Å². The fourth-order valence-corrected chi connectivity index (χ4v) is 5.79. The van der Waals surface area contributed by atoms with Crippen LogP contribution in [0.4, 0.5) is 19.0 Å². The normalized spacial score (nSPS) is 19.6. The monoisotopic (exact) mass is 615 g/mol. The van der Waals surface area contributed by atoms with Gasteiger partial charge in [-0.25, -0.2) is 0 Å². The number of alkyl halides is 3. The SMILES string of the molecule is Cc1cocc1C(=O)n1nc(C2CCN(C(=O)CN3CCOCC3)CC2C(F)(F)F)c(C)c1NCc1ccc(C(=N)N)cc1. The van der Waals surface area contributed by atoms with Crippen LogP contribution in [0.1, 0.15) is 50.6 Å². The largest absolute Gasteiger partial charge is 0.471 e. The molecule has 14 heteroatoms. The topological polar surface area (TPSA) is 143 Å². The molecule has 236 valence electrons. The van der Waals surface area contributed by atoms with E-state index in [1.54, 1.807) is 38.1 Å². The number of halogens is 3. The third-order valence-electron chi connectivity index (χ3n) is 8.36. The van der Waals surface area contributed by atoms with E-state index in [4.69, 9.17) is 20.3 Å². The van der Waals surface area contributed by atoms with Crippen molar-refractivity contribution in [2.24, 2.45) is 11.7 Å². The number of morpholine rings is 1. The second-order valence-corrected chi connectivity index (χ2v) is 11.3. The van der Waals surface area contributed by atoms with E-state index in [9.17, 15) is 22.8 Å². The van der Waals surface area contributed by atoms with E-state index < -0.39 is 30.5 Å². The Bertz CT molecular complexity index is 1510. The van der Waals surface area contributed by atoms with Crippen molar-refractivity contribution in [1.29, 1.82) is 5.41 Å². The van der Waals surface area contributed by atoms with Gasteiger partial charge in [0.1, 0.15) is 17.9 Å². The van der Waals surface area contributed by atoms with Gasteiger partial charge in [0.15, 0.2) is 0 Å². The summed E-state index contributed by atoms with van der Waals surface area (Å²) in [5.74, 6) is -3.60. The minimum Gasteiger partial charge on any atom is -0.471 e. The van der Waals surface area contributed by atoms with Crippen molar-refractivity contribution in [3.05, 3.63) is 70.3 Å². The highest BCUT2D eigenvalue weighted by Gasteiger charge is 2.50. The summed E-state index contributed by atoms with van der Waals surface area (Å²) in [4.78, 5) is 29.8. The van der Waals surface area contributed by atoms with Crippen LogP contribution in [0, 0.1) is 25.2 Å². The molecule has 11 nitrogen and oxygen atoms in total. The van der Waals surface area contributed by atoms with E-state index in [-0.39, 0.29) is 54.9 Å². The predicted octanol–water partition coefficient (Wildman–Crippen LogP) is 3.50. The third kappa shape index (κ3) is 6.65. The number of hydrogen-bond donors (Lipinski definition) is 3. The molecule has 1 aromatic carbocycles. The molecule has 4 heterocycles. The molecule has 4 N–H and O–H groups in total. The zero-order valence-corrected chi connectivity index (χ0v) is 24.6. The molecule has 0 aliphatic carbocycles. The van der Waals surface area contributed by atoms with Gasteiger partial charge in [0.05, 0.1) is 43.2 Å². The average Bonchev–Trinajstić information content (AvgIpc) is 3.58. The van der Waals surface area contributed by atoms with Crippen molar-refractivity contribution in [3.63, 3.8) is 0 Å². The van der Waals surface area contributed by atoms with Crippen LogP contribution >= 0.6 is 0 Å². The Labute approximate surface area is 252 Å². The lowest BCUT2D eigenvalue weighted by atomic mass is 9.81. The van der Waals surface area contributed by atoms with Crippen molar-refractivity contribution >= 4 is 23.5 Å². The Balaban J connectivity index is 1.43. The Kier molecular flexibility index (Phi) is 9.11. The summed E-state index contributed by atoms with van der Waals surface area (Å²) >= 11 is 0. The number of nitrogens with one attached hydrogen (secondary N) is 2. The number of furan rings is 1. The summed E-state index contributed by atoms with van der Waals surface area (Å²) in [6.45, 7) is 5.38. The van der Waals surface area contributed by atoms with Gasteiger partial charge in [-0.2, -0.15) is 23.0 Å². The Hall–Kier alpha value is -4.17. The number of nitrogens with two attached hydrogens (primary N) is 1. The first-order chi connectivity index (χ1) is 20.9. The maximum absolute atomic E-state index is 14.6. The van der Waals surface area contributed by atoms with Gasteiger partial charge < -0.3 is 25.1 Å². The molecule has 5 rings (SSSR count). The van der Waals surface area contributed by atoms with Crippen molar-refractivity contribution in [1.82, 2.24) is 19.6 Å². The van der Waals surface area contributed by atoms with Crippen LogP contribution in [0.5, 0.6) is 0 Å². The Morgan fingerprint density at radius 1 is 1.11 bits per heavy atom. The molecule has 44 heavy (non-hydrogen) atoms. The number of nitrogen functional groups attached to an aromatic ring is 1. The second kappa shape index (κ2) is 12.8. The van der Waals surface area contributed by atoms with Gasteiger partial charge in [0.2, 0.25) is 5.91 Å². The van der Waals surface area contributed by atoms with E-state index in [0.29, 0.717) is 43.0 Å². The number of aromatic nitrogens is 2. The molecular formula is C30H36F3N7O4. The molecule has 2 aliphatic heterocycles. The molecular weight excluding hydrogens is 579 g/mol. The van der Waals surface area contributed by atoms with Crippen LogP contribution in [0.2, 0.25) is 0 Å². The first kappa shape index (κ1) is 31.3. The Morgan fingerprint density at radius 3 is 2.43 bits per heavy atom. The fraction of sp³-hybridized carbons (Fsp3) is 0.467. The summed E-state index contributed by atoms with van der Waals surface area (Å²) in [6.07, 6.45) is -1.86. The number of benzene rings is 1. The number of nitrogens with zero attached hydrogens (tertiary/aromatic N) is 4. The van der Waals surface area contributed by atoms with Crippen molar-refractivity contribution in [2.75, 3.05) is 51.3 Å². The molecule has 2 atom stereocenters. The van der Waals surface area contributed by atoms with Crippen molar-refractivity contribution < 1.29 is 31.9 Å². The highest BCUT2D eigenvalue weighted by molar-refractivity contribution is 5.98. The molecule has 2 aromatic heterocycles. The maximum Gasteiger partial charge on any atom is 0.394 e. The van der Waals surface area contributed by atoms with Crippen molar-refractivity contribution in [3.8, 4) is 0 Å².